The average Bonchev–Trinajstić information content (AvgIpc) is 2.72. The van der Waals surface area contributed by atoms with Gasteiger partial charge in [-0.15, -0.1) is 0 Å². The Hall–Kier alpha value is -3.16. The van der Waals surface area contributed by atoms with Gasteiger partial charge < -0.3 is 25.4 Å². The molecule has 2 aromatic carbocycles. The van der Waals surface area contributed by atoms with E-state index in [1.807, 2.05) is 32.0 Å². The first-order chi connectivity index (χ1) is 14.6. The van der Waals surface area contributed by atoms with Crippen LogP contribution in [0, 0.1) is 0 Å². The molecule has 2 aromatic rings. The highest BCUT2D eigenvalue weighted by Gasteiger charge is 2.24. The maximum Gasteiger partial charge on any atom is 0.330 e. The summed E-state index contributed by atoms with van der Waals surface area (Å²) in [6.45, 7) is 3.62. The van der Waals surface area contributed by atoms with E-state index in [9.17, 15) is 19.8 Å². The van der Waals surface area contributed by atoms with Crippen LogP contribution in [0.15, 0.2) is 48.5 Å². The highest BCUT2D eigenvalue weighted by Crippen LogP contribution is 2.26. The van der Waals surface area contributed by atoms with Crippen LogP contribution in [-0.4, -0.2) is 34.9 Å². The van der Waals surface area contributed by atoms with E-state index in [-0.39, 0.29) is 12.4 Å². The molecule has 4 N–H and O–H groups in total. The fourth-order valence-electron chi connectivity index (χ4n) is 3.17. The maximum atomic E-state index is 12.4. The van der Waals surface area contributed by atoms with Crippen molar-refractivity contribution in [1.82, 2.24) is 0 Å². The topological polar surface area (TPSA) is 119 Å². The number of hydrogen-bond donors (Lipinski definition) is 3. The van der Waals surface area contributed by atoms with Crippen LogP contribution in [0.1, 0.15) is 48.8 Å². The summed E-state index contributed by atoms with van der Waals surface area (Å²) in [5.74, 6) is -0.835. The number of benzene rings is 2. The van der Waals surface area contributed by atoms with Gasteiger partial charge in [0.25, 0.3) is 0 Å². The number of carbonyl (C=O) groups excluding carboxylic acids is 2. The van der Waals surface area contributed by atoms with Gasteiger partial charge in [0.2, 0.25) is 0 Å². The summed E-state index contributed by atoms with van der Waals surface area (Å²) >= 11 is 0. The second-order valence-electron chi connectivity index (χ2n) is 7.81. The summed E-state index contributed by atoms with van der Waals surface area (Å²) in [5.41, 5.74) is 8.62. The minimum Gasteiger partial charge on any atom is -0.466 e. The molecule has 2 rings (SSSR count). The van der Waals surface area contributed by atoms with Gasteiger partial charge in [0.15, 0.2) is 6.29 Å². The number of aliphatic hydroxyl groups is 2. The third kappa shape index (κ3) is 7.55. The monoisotopic (exact) mass is 427 g/mol. The van der Waals surface area contributed by atoms with Crippen molar-refractivity contribution in [2.75, 3.05) is 12.8 Å². The minimum absolute atomic E-state index is 0.159. The van der Waals surface area contributed by atoms with E-state index in [0.717, 1.165) is 11.1 Å². The Morgan fingerprint density at radius 3 is 2.55 bits per heavy atom. The molecule has 0 heterocycles. The average molecular weight is 427 g/mol. The number of aliphatic hydroxyl groups excluding tert-OH is 1. The minimum atomic E-state index is -1.55. The van der Waals surface area contributed by atoms with E-state index in [0.29, 0.717) is 29.7 Å². The Morgan fingerprint density at radius 1 is 1.16 bits per heavy atom. The number of methoxy groups -OCH3 is 1. The van der Waals surface area contributed by atoms with Gasteiger partial charge in [-0.1, -0.05) is 42.5 Å². The maximum absolute atomic E-state index is 12.4. The summed E-state index contributed by atoms with van der Waals surface area (Å²) < 4.78 is 10.3. The predicted molar refractivity (Wildman–Crippen MR) is 118 cm³/mol. The van der Waals surface area contributed by atoms with Crippen molar-refractivity contribution >= 4 is 23.7 Å². The Balaban J connectivity index is 1.99. The summed E-state index contributed by atoms with van der Waals surface area (Å²) in [4.78, 5) is 23.7. The molecule has 0 saturated heterocycles. The van der Waals surface area contributed by atoms with Gasteiger partial charge in [-0.2, -0.15) is 0 Å². The number of esters is 2. The molecule has 31 heavy (non-hydrogen) atoms. The Bertz CT molecular complexity index is 949. The lowest BCUT2D eigenvalue weighted by molar-refractivity contribution is -0.156. The number of anilines is 1. The largest absolute Gasteiger partial charge is 0.466 e. The first kappa shape index (κ1) is 24.1. The van der Waals surface area contributed by atoms with Gasteiger partial charge >= 0.3 is 11.9 Å². The molecule has 0 unspecified atom stereocenters. The van der Waals surface area contributed by atoms with E-state index < -0.39 is 17.9 Å². The highest BCUT2D eigenvalue weighted by molar-refractivity contribution is 5.88. The van der Waals surface area contributed by atoms with Crippen LogP contribution in [0.5, 0.6) is 0 Å². The van der Waals surface area contributed by atoms with Crippen molar-refractivity contribution in [1.29, 1.82) is 0 Å². The lowest BCUT2D eigenvalue weighted by atomic mass is 9.95. The van der Waals surface area contributed by atoms with Gasteiger partial charge in [-0.3, -0.25) is 4.79 Å². The lowest BCUT2D eigenvalue weighted by Crippen LogP contribution is -2.31. The van der Waals surface area contributed by atoms with Gasteiger partial charge in [0.1, 0.15) is 5.60 Å². The van der Waals surface area contributed by atoms with Crippen molar-refractivity contribution in [3.8, 4) is 0 Å². The molecule has 0 atom stereocenters. The molecule has 7 nitrogen and oxygen atoms in total. The summed E-state index contributed by atoms with van der Waals surface area (Å²) in [5, 5.41) is 18.5. The SMILES string of the molecule is COC(=O)/C=C/c1cccc(CC(C)(C)OC(=O)CCc2cccc(C(O)O)c2)c1N. The molecule has 0 aliphatic carbocycles. The van der Waals surface area contributed by atoms with Gasteiger partial charge in [0, 0.05) is 30.2 Å². The number of nitrogens with two attached hydrogens (primary N) is 1. The van der Waals surface area contributed by atoms with Crippen molar-refractivity contribution in [3.05, 3.63) is 70.8 Å². The Morgan fingerprint density at radius 2 is 1.87 bits per heavy atom. The van der Waals surface area contributed by atoms with E-state index >= 15 is 0 Å². The zero-order valence-corrected chi connectivity index (χ0v) is 18.0. The Kier molecular flexibility index (Phi) is 8.36. The van der Waals surface area contributed by atoms with Crippen molar-refractivity contribution in [2.24, 2.45) is 0 Å². The Labute approximate surface area is 182 Å². The number of aryl methyl sites for hydroxylation is 1. The van der Waals surface area contributed by atoms with Crippen LogP contribution >= 0.6 is 0 Å². The number of carbonyl (C=O) groups is 2. The second kappa shape index (κ2) is 10.7. The van der Waals surface area contributed by atoms with Crippen LogP contribution in [0.4, 0.5) is 5.69 Å². The summed E-state index contributed by atoms with van der Waals surface area (Å²) in [6, 6.07) is 12.2. The predicted octanol–water partition coefficient (Wildman–Crippen LogP) is 2.94. The molecule has 7 heteroatoms. The van der Waals surface area contributed by atoms with Crippen molar-refractivity contribution in [2.45, 2.75) is 45.0 Å². The molecule has 0 spiro atoms. The second-order valence-corrected chi connectivity index (χ2v) is 7.81. The molecular formula is C24H29NO6. The summed E-state index contributed by atoms with van der Waals surface area (Å²) in [7, 11) is 1.30. The fourth-order valence-corrected chi connectivity index (χ4v) is 3.17. The van der Waals surface area contributed by atoms with E-state index in [2.05, 4.69) is 4.74 Å². The standard InChI is InChI=1S/C24H29NO6/c1-24(2,15-19-9-5-7-17(22(19)25)11-13-20(26)30-3)31-21(27)12-10-16-6-4-8-18(14-16)23(28)29/h4-9,11,13-14,23,28-29H,10,12,15,25H2,1-3H3/b13-11+. The van der Waals surface area contributed by atoms with Crippen molar-refractivity contribution < 1.29 is 29.3 Å². The molecule has 166 valence electrons. The smallest absolute Gasteiger partial charge is 0.330 e. The normalized spacial score (nSPS) is 11.7. The molecule has 0 amide bonds. The molecule has 0 aliphatic heterocycles. The highest BCUT2D eigenvalue weighted by atomic mass is 16.6. The molecule has 0 aliphatic rings. The van der Waals surface area contributed by atoms with Gasteiger partial charge in [0.05, 0.1) is 7.11 Å². The number of rotatable bonds is 9. The fraction of sp³-hybridized carbons (Fsp3) is 0.333. The molecule has 0 saturated carbocycles. The van der Waals surface area contributed by atoms with Gasteiger partial charge in [-0.25, -0.2) is 4.79 Å². The van der Waals surface area contributed by atoms with Crippen LogP contribution in [0.3, 0.4) is 0 Å². The first-order valence-corrected chi connectivity index (χ1v) is 9.91. The first-order valence-electron chi connectivity index (χ1n) is 9.91. The molecule has 0 fully saturated rings. The van der Waals surface area contributed by atoms with E-state index in [4.69, 9.17) is 10.5 Å². The van der Waals surface area contributed by atoms with E-state index in [1.54, 1.807) is 30.3 Å². The van der Waals surface area contributed by atoms with Crippen molar-refractivity contribution in [3.63, 3.8) is 0 Å². The zero-order chi connectivity index (χ0) is 23.0. The number of nitrogen functional groups attached to an aromatic ring is 1. The number of hydrogen-bond acceptors (Lipinski definition) is 7. The molecule has 0 radical (unpaired) electrons. The number of para-hydroxylation sites is 1. The number of ether oxygens (including phenoxy) is 2. The lowest BCUT2D eigenvalue weighted by Gasteiger charge is -2.26. The van der Waals surface area contributed by atoms with Gasteiger partial charge in [-0.05, 0) is 43.0 Å². The third-order valence-electron chi connectivity index (χ3n) is 4.70. The van der Waals surface area contributed by atoms with Crippen LogP contribution in [0.2, 0.25) is 0 Å². The third-order valence-corrected chi connectivity index (χ3v) is 4.70. The zero-order valence-electron chi connectivity index (χ0n) is 18.0. The van der Waals surface area contributed by atoms with E-state index in [1.165, 1.54) is 13.2 Å². The quantitative estimate of drug-likeness (QED) is 0.244. The summed E-state index contributed by atoms with van der Waals surface area (Å²) in [6.07, 6.45) is 2.31. The molecule has 0 bridgehead atoms. The van der Waals surface area contributed by atoms with Crippen LogP contribution < -0.4 is 5.73 Å². The van der Waals surface area contributed by atoms with Crippen LogP contribution in [0.25, 0.3) is 6.08 Å². The van der Waals surface area contributed by atoms with Crippen LogP contribution in [-0.2, 0) is 31.9 Å². The molecular weight excluding hydrogens is 398 g/mol. The molecule has 0 aromatic heterocycles.